The second kappa shape index (κ2) is 5.76. The first-order valence-electron chi connectivity index (χ1n) is 7.17. The highest BCUT2D eigenvalue weighted by Crippen LogP contribution is 2.25. The fourth-order valence-electron chi connectivity index (χ4n) is 2.43. The van der Waals surface area contributed by atoms with Crippen LogP contribution in [-0.4, -0.2) is 8.96 Å². The third-order valence-electron chi connectivity index (χ3n) is 3.71. The quantitative estimate of drug-likeness (QED) is 0.898. The molecule has 2 atom stereocenters. The Bertz CT molecular complexity index is 476. The molecule has 3 heteroatoms. The second-order valence-electron chi connectivity index (χ2n) is 6.46. The zero-order valence-electron chi connectivity index (χ0n) is 12.5. The molecular formula is C16H25NOS. The van der Waals surface area contributed by atoms with E-state index in [4.69, 9.17) is 0 Å². The van der Waals surface area contributed by atoms with Gasteiger partial charge in [0.25, 0.3) is 0 Å². The van der Waals surface area contributed by atoms with Gasteiger partial charge >= 0.3 is 0 Å². The molecule has 106 valence electrons. The molecule has 2 nitrogen and oxygen atoms in total. The van der Waals surface area contributed by atoms with Crippen LogP contribution in [0.2, 0.25) is 0 Å². The lowest BCUT2D eigenvalue weighted by atomic mass is 9.89. The van der Waals surface area contributed by atoms with E-state index in [-0.39, 0.29) is 10.8 Å². The van der Waals surface area contributed by atoms with Crippen LogP contribution in [-0.2, 0) is 23.8 Å². The molecule has 0 heterocycles. The molecule has 0 unspecified atom stereocenters. The maximum Gasteiger partial charge on any atom is 0.0975 e. The minimum Gasteiger partial charge on any atom is -0.242 e. The van der Waals surface area contributed by atoms with E-state index in [1.807, 2.05) is 20.8 Å². The molecule has 2 rings (SSSR count). The maximum absolute atomic E-state index is 12.1. The summed E-state index contributed by atoms with van der Waals surface area (Å²) in [6.45, 7) is 8.08. The van der Waals surface area contributed by atoms with Crippen molar-refractivity contribution in [1.29, 1.82) is 0 Å². The van der Waals surface area contributed by atoms with Crippen LogP contribution < -0.4 is 4.72 Å². The molecule has 1 aromatic carbocycles. The molecule has 0 fully saturated rings. The lowest BCUT2D eigenvalue weighted by Gasteiger charge is -2.23. The Morgan fingerprint density at radius 3 is 2.42 bits per heavy atom. The minimum absolute atomic E-state index is 0.132. The zero-order chi connectivity index (χ0) is 14.0. The summed E-state index contributed by atoms with van der Waals surface area (Å²) in [5.41, 5.74) is 4.23. The molecule has 1 aliphatic carbocycles. The highest BCUT2D eigenvalue weighted by atomic mass is 32.2. The van der Waals surface area contributed by atoms with E-state index in [1.54, 1.807) is 0 Å². The van der Waals surface area contributed by atoms with Gasteiger partial charge < -0.3 is 0 Å². The number of fused-ring (bicyclic) bond motifs is 1. The van der Waals surface area contributed by atoms with Gasteiger partial charge in [0.1, 0.15) is 0 Å². The first-order valence-corrected chi connectivity index (χ1v) is 8.32. The van der Waals surface area contributed by atoms with Crippen LogP contribution in [0.1, 0.15) is 63.3 Å². The molecule has 0 radical (unpaired) electrons. The van der Waals surface area contributed by atoms with Crippen molar-refractivity contribution in [3.63, 3.8) is 0 Å². The molecule has 1 N–H and O–H groups in total. The molecule has 0 spiro atoms. The highest BCUT2D eigenvalue weighted by Gasteiger charge is 2.22. The summed E-state index contributed by atoms with van der Waals surface area (Å²) in [6.07, 6.45) is 5.02. The normalized spacial score (nSPS) is 18.7. The first-order chi connectivity index (χ1) is 8.88. The average Bonchev–Trinajstić information content (AvgIpc) is 2.37. The van der Waals surface area contributed by atoms with Crippen molar-refractivity contribution >= 4 is 11.0 Å². The van der Waals surface area contributed by atoms with Crippen molar-refractivity contribution in [2.75, 3.05) is 0 Å². The average molecular weight is 279 g/mol. The lowest BCUT2D eigenvalue weighted by molar-refractivity contribution is 0.615. The summed E-state index contributed by atoms with van der Waals surface area (Å²) in [6, 6.07) is 6.86. The largest absolute Gasteiger partial charge is 0.242 e. The summed E-state index contributed by atoms with van der Waals surface area (Å²) < 4.78 is 15.1. The van der Waals surface area contributed by atoms with Gasteiger partial charge in [0, 0.05) is 6.04 Å². The number of rotatable bonds is 3. The summed E-state index contributed by atoms with van der Waals surface area (Å²) >= 11 is 0. The van der Waals surface area contributed by atoms with Crippen LogP contribution in [0.3, 0.4) is 0 Å². The summed E-state index contributed by atoms with van der Waals surface area (Å²) in [5, 5.41) is 0. The molecule has 0 aliphatic heterocycles. The molecule has 1 aliphatic rings. The predicted molar refractivity (Wildman–Crippen MR) is 82.5 cm³/mol. The Hall–Kier alpha value is -0.670. The third kappa shape index (κ3) is 3.67. The molecule has 1 aromatic rings. The number of nitrogens with one attached hydrogen (secondary N) is 1. The van der Waals surface area contributed by atoms with Crippen LogP contribution in [0.4, 0.5) is 0 Å². The van der Waals surface area contributed by atoms with Gasteiger partial charge in [-0.05, 0) is 70.1 Å². The molecule has 0 saturated carbocycles. The molecule has 0 saturated heterocycles. The van der Waals surface area contributed by atoms with Gasteiger partial charge in [-0.3, -0.25) is 0 Å². The van der Waals surface area contributed by atoms with Crippen LogP contribution >= 0.6 is 0 Å². The summed E-state index contributed by atoms with van der Waals surface area (Å²) in [7, 11) is -1.02. The Morgan fingerprint density at radius 2 is 1.79 bits per heavy atom. The molecule has 0 bridgehead atoms. The van der Waals surface area contributed by atoms with Crippen molar-refractivity contribution in [3.05, 3.63) is 34.9 Å². The number of hydrogen-bond donors (Lipinski definition) is 1. The molecule has 19 heavy (non-hydrogen) atoms. The number of hydrogen-bond acceptors (Lipinski definition) is 1. The Kier molecular flexibility index (Phi) is 4.46. The van der Waals surface area contributed by atoms with Gasteiger partial charge in [0.2, 0.25) is 0 Å². The summed E-state index contributed by atoms with van der Waals surface area (Å²) in [4.78, 5) is 0. The Morgan fingerprint density at radius 1 is 1.16 bits per heavy atom. The Labute approximate surface area is 119 Å². The second-order valence-corrected chi connectivity index (χ2v) is 8.45. The zero-order valence-corrected chi connectivity index (χ0v) is 13.3. The Balaban J connectivity index is 2.11. The molecule has 0 aromatic heterocycles. The van der Waals surface area contributed by atoms with Gasteiger partial charge in [0.05, 0.1) is 15.7 Å². The van der Waals surface area contributed by atoms with Gasteiger partial charge in [0.15, 0.2) is 0 Å². The van der Waals surface area contributed by atoms with Crippen LogP contribution in [0.15, 0.2) is 18.2 Å². The van der Waals surface area contributed by atoms with E-state index in [1.165, 1.54) is 42.4 Å². The molecular weight excluding hydrogens is 254 g/mol. The highest BCUT2D eigenvalue weighted by molar-refractivity contribution is 7.84. The van der Waals surface area contributed by atoms with Gasteiger partial charge in [-0.2, -0.15) is 0 Å². The van der Waals surface area contributed by atoms with E-state index in [0.717, 1.165) is 0 Å². The lowest BCUT2D eigenvalue weighted by Crippen LogP contribution is -2.34. The summed E-state index contributed by atoms with van der Waals surface area (Å²) in [5.74, 6) is 0. The molecule has 0 amide bonds. The van der Waals surface area contributed by atoms with E-state index < -0.39 is 11.0 Å². The van der Waals surface area contributed by atoms with E-state index in [0.29, 0.717) is 0 Å². The fourth-order valence-corrected chi connectivity index (χ4v) is 3.24. The fraction of sp³-hybridized carbons (Fsp3) is 0.625. The standard InChI is InChI=1S/C16H25NOS/c1-12(17-19(18)16(2,3)4)14-10-9-13-7-5-6-8-15(13)11-14/h9-12,17H,5-8H2,1-4H3/t12-,19+/m0/s1. The van der Waals surface area contributed by atoms with Crippen molar-refractivity contribution in [1.82, 2.24) is 4.72 Å². The first kappa shape index (κ1) is 14.7. The third-order valence-corrected chi connectivity index (χ3v) is 5.39. The number of benzene rings is 1. The predicted octanol–water partition coefficient (Wildman–Crippen LogP) is 3.68. The van der Waals surface area contributed by atoms with E-state index in [9.17, 15) is 4.21 Å². The van der Waals surface area contributed by atoms with Gasteiger partial charge in [-0.25, -0.2) is 8.93 Å². The number of aryl methyl sites for hydroxylation is 2. The van der Waals surface area contributed by atoms with Crippen molar-refractivity contribution in [2.24, 2.45) is 0 Å². The van der Waals surface area contributed by atoms with Crippen LogP contribution in [0.5, 0.6) is 0 Å². The van der Waals surface area contributed by atoms with Crippen molar-refractivity contribution < 1.29 is 4.21 Å². The minimum atomic E-state index is -1.02. The van der Waals surface area contributed by atoms with Crippen LogP contribution in [0.25, 0.3) is 0 Å². The van der Waals surface area contributed by atoms with Crippen LogP contribution in [0, 0.1) is 0 Å². The van der Waals surface area contributed by atoms with E-state index in [2.05, 4.69) is 29.8 Å². The van der Waals surface area contributed by atoms with E-state index >= 15 is 0 Å². The smallest absolute Gasteiger partial charge is 0.0975 e. The monoisotopic (exact) mass is 279 g/mol. The maximum atomic E-state index is 12.1. The SMILES string of the molecule is C[C@H](N[S@](=O)C(C)(C)C)c1ccc2c(c1)CCCC2. The van der Waals surface area contributed by atoms with Gasteiger partial charge in [-0.15, -0.1) is 0 Å². The van der Waals surface area contributed by atoms with Crippen molar-refractivity contribution in [2.45, 2.75) is 64.2 Å². The van der Waals surface area contributed by atoms with Gasteiger partial charge in [-0.1, -0.05) is 18.2 Å². The van der Waals surface area contributed by atoms with Crippen molar-refractivity contribution in [3.8, 4) is 0 Å². The topological polar surface area (TPSA) is 29.1 Å².